The predicted molar refractivity (Wildman–Crippen MR) is 74.7 cm³/mol. The molecule has 104 valence electrons. The number of carbonyl (C=O) groups is 1. The Kier molecular flexibility index (Phi) is 5.36. The van der Waals surface area contributed by atoms with Crippen molar-refractivity contribution in [2.24, 2.45) is 0 Å². The van der Waals surface area contributed by atoms with Gasteiger partial charge >= 0.3 is 6.09 Å². The predicted octanol–water partition coefficient (Wildman–Crippen LogP) is 4.02. The van der Waals surface area contributed by atoms with Gasteiger partial charge in [-0.3, -0.25) is 0 Å². The van der Waals surface area contributed by atoms with Crippen LogP contribution in [0.1, 0.15) is 26.3 Å². The van der Waals surface area contributed by atoms with Crippen molar-refractivity contribution in [3.63, 3.8) is 0 Å². The van der Waals surface area contributed by atoms with Crippen LogP contribution in [-0.4, -0.2) is 18.2 Å². The first-order valence-corrected chi connectivity index (χ1v) is 6.25. The summed E-state index contributed by atoms with van der Waals surface area (Å²) < 4.78 is 18.6. The number of halogens is 2. The highest BCUT2D eigenvalue weighted by Gasteiger charge is 2.14. The minimum atomic E-state index is -0.535. The topological polar surface area (TPSA) is 38.3 Å². The van der Waals surface area contributed by atoms with Crippen molar-refractivity contribution in [1.29, 1.82) is 0 Å². The van der Waals surface area contributed by atoms with Gasteiger partial charge in [0.2, 0.25) is 0 Å². The quantitative estimate of drug-likeness (QED) is 0.911. The molecule has 0 aromatic heterocycles. The number of hydrogen-bond donors (Lipinski definition) is 1. The highest BCUT2D eigenvalue weighted by molar-refractivity contribution is 6.30. The van der Waals surface area contributed by atoms with E-state index in [2.05, 4.69) is 5.32 Å². The Labute approximate surface area is 117 Å². The largest absolute Gasteiger partial charge is 0.444 e. The third-order valence-corrected chi connectivity index (χ3v) is 2.33. The lowest BCUT2D eigenvalue weighted by molar-refractivity contribution is 0.0534. The summed E-state index contributed by atoms with van der Waals surface area (Å²) >= 11 is 5.65. The Morgan fingerprint density at radius 3 is 2.79 bits per heavy atom. The lowest BCUT2D eigenvalue weighted by Crippen LogP contribution is -2.32. The number of benzene rings is 1. The normalized spacial score (nSPS) is 11.6. The van der Waals surface area contributed by atoms with Gasteiger partial charge in [0.25, 0.3) is 0 Å². The minimum Gasteiger partial charge on any atom is -0.444 e. The summed E-state index contributed by atoms with van der Waals surface area (Å²) in [4.78, 5) is 11.3. The Balaban J connectivity index is 2.47. The van der Waals surface area contributed by atoms with Gasteiger partial charge in [-0.1, -0.05) is 35.9 Å². The lowest BCUT2D eigenvalue weighted by Gasteiger charge is -2.19. The number of hydrogen-bond acceptors (Lipinski definition) is 2. The van der Waals surface area contributed by atoms with Gasteiger partial charge in [0.15, 0.2) is 0 Å². The van der Waals surface area contributed by atoms with Crippen molar-refractivity contribution in [3.05, 3.63) is 40.7 Å². The van der Waals surface area contributed by atoms with Crippen molar-refractivity contribution >= 4 is 23.8 Å². The third kappa shape index (κ3) is 5.75. The summed E-state index contributed by atoms with van der Waals surface area (Å²) in [6.07, 6.45) is 2.67. The number of rotatable bonds is 3. The van der Waals surface area contributed by atoms with E-state index in [-0.39, 0.29) is 11.6 Å². The van der Waals surface area contributed by atoms with Crippen molar-refractivity contribution in [2.45, 2.75) is 26.4 Å². The maximum absolute atomic E-state index is 13.5. The van der Waals surface area contributed by atoms with Crippen LogP contribution in [0.25, 0.3) is 6.08 Å². The lowest BCUT2D eigenvalue weighted by atomic mass is 10.2. The van der Waals surface area contributed by atoms with Gasteiger partial charge in [-0.15, -0.1) is 0 Å². The number of nitrogens with one attached hydrogen (secondary N) is 1. The van der Waals surface area contributed by atoms with Crippen LogP contribution in [0, 0.1) is 5.82 Å². The average Bonchev–Trinajstić information content (AvgIpc) is 2.27. The SMILES string of the molecule is CC(C)(C)OC(=O)NCC=Cc1cccc(Cl)c1F. The zero-order valence-electron chi connectivity index (χ0n) is 11.2. The minimum absolute atomic E-state index is 0.0715. The smallest absolute Gasteiger partial charge is 0.407 e. The molecule has 0 unspecified atom stereocenters. The molecule has 0 fully saturated rings. The van der Waals surface area contributed by atoms with Gasteiger partial charge < -0.3 is 10.1 Å². The second-order valence-corrected chi connectivity index (χ2v) is 5.34. The molecule has 0 aliphatic rings. The van der Waals surface area contributed by atoms with Crippen molar-refractivity contribution in [3.8, 4) is 0 Å². The fraction of sp³-hybridized carbons (Fsp3) is 0.357. The van der Waals surface area contributed by atoms with Gasteiger partial charge in [-0.05, 0) is 26.8 Å². The van der Waals surface area contributed by atoms with Crippen LogP contribution in [0.4, 0.5) is 9.18 Å². The molecule has 5 heteroatoms. The molecule has 0 radical (unpaired) electrons. The molecule has 0 saturated heterocycles. The fourth-order valence-electron chi connectivity index (χ4n) is 1.29. The van der Waals surface area contributed by atoms with E-state index in [1.54, 1.807) is 45.1 Å². The Morgan fingerprint density at radius 1 is 1.47 bits per heavy atom. The van der Waals surface area contributed by atoms with Gasteiger partial charge in [-0.2, -0.15) is 0 Å². The van der Waals surface area contributed by atoms with E-state index in [0.717, 1.165) is 0 Å². The van der Waals surface area contributed by atoms with Crippen molar-refractivity contribution in [2.75, 3.05) is 6.54 Å². The van der Waals surface area contributed by atoms with Gasteiger partial charge in [-0.25, -0.2) is 9.18 Å². The molecule has 1 aromatic carbocycles. The van der Waals surface area contributed by atoms with Crippen molar-refractivity contribution in [1.82, 2.24) is 5.32 Å². The Hall–Kier alpha value is -1.55. The number of alkyl carbamates (subject to hydrolysis) is 1. The van der Waals surface area contributed by atoms with Crippen LogP contribution in [0.15, 0.2) is 24.3 Å². The summed E-state index contributed by atoms with van der Waals surface area (Å²) in [7, 11) is 0. The monoisotopic (exact) mass is 285 g/mol. The molecule has 0 atom stereocenters. The zero-order valence-corrected chi connectivity index (χ0v) is 11.9. The van der Waals surface area contributed by atoms with Gasteiger partial charge in [0.05, 0.1) is 5.02 Å². The maximum atomic E-state index is 13.5. The van der Waals surface area contributed by atoms with Crippen LogP contribution in [0.2, 0.25) is 5.02 Å². The average molecular weight is 286 g/mol. The molecule has 1 aromatic rings. The highest BCUT2D eigenvalue weighted by Crippen LogP contribution is 2.18. The van der Waals surface area contributed by atoms with E-state index in [1.807, 2.05) is 0 Å². The van der Waals surface area contributed by atoms with E-state index in [0.29, 0.717) is 5.56 Å². The second-order valence-electron chi connectivity index (χ2n) is 4.93. The van der Waals surface area contributed by atoms with E-state index >= 15 is 0 Å². The molecule has 3 nitrogen and oxygen atoms in total. The molecule has 1 N–H and O–H groups in total. The third-order valence-electron chi connectivity index (χ3n) is 2.04. The first-order valence-electron chi connectivity index (χ1n) is 5.87. The van der Waals surface area contributed by atoms with Crippen LogP contribution < -0.4 is 5.32 Å². The van der Waals surface area contributed by atoms with Crippen LogP contribution in [0.5, 0.6) is 0 Å². The Bertz CT molecular complexity index is 481. The number of carbonyl (C=O) groups excluding carboxylic acids is 1. The molecular weight excluding hydrogens is 269 g/mol. The number of amides is 1. The first kappa shape index (κ1) is 15.5. The van der Waals surface area contributed by atoms with Gasteiger partial charge in [0.1, 0.15) is 11.4 Å². The standard InChI is InChI=1S/C14H17ClFNO2/c1-14(2,3)19-13(18)17-9-5-7-10-6-4-8-11(15)12(10)16/h4-8H,9H2,1-3H3,(H,17,18). The molecule has 0 aliphatic heterocycles. The van der Waals surface area contributed by atoms with Crippen molar-refractivity contribution < 1.29 is 13.9 Å². The molecule has 1 rings (SSSR count). The summed E-state index contributed by atoms with van der Waals surface area (Å²) in [6, 6.07) is 4.74. The van der Waals surface area contributed by atoms with E-state index < -0.39 is 17.5 Å². The van der Waals surface area contributed by atoms with E-state index in [9.17, 15) is 9.18 Å². The molecule has 0 bridgehead atoms. The van der Waals surface area contributed by atoms with Crippen LogP contribution in [-0.2, 0) is 4.74 Å². The Morgan fingerprint density at radius 2 is 2.16 bits per heavy atom. The molecule has 0 heterocycles. The summed E-state index contributed by atoms with van der Waals surface area (Å²) in [5, 5.41) is 2.61. The molecule has 1 amide bonds. The summed E-state index contributed by atoms with van der Waals surface area (Å²) in [6.45, 7) is 5.60. The molecular formula is C14H17ClFNO2. The number of ether oxygens (including phenoxy) is 1. The van der Waals surface area contributed by atoms with E-state index in [1.165, 1.54) is 6.07 Å². The molecule has 0 spiro atoms. The van der Waals surface area contributed by atoms with E-state index in [4.69, 9.17) is 16.3 Å². The zero-order chi connectivity index (χ0) is 14.5. The fourth-order valence-corrected chi connectivity index (χ4v) is 1.47. The first-order chi connectivity index (χ1) is 8.79. The molecule has 19 heavy (non-hydrogen) atoms. The molecule has 0 aliphatic carbocycles. The van der Waals surface area contributed by atoms with Gasteiger partial charge in [0, 0.05) is 12.1 Å². The maximum Gasteiger partial charge on any atom is 0.407 e. The highest BCUT2D eigenvalue weighted by atomic mass is 35.5. The van der Waals surface area contributed by atoms with Crippen LogP contribution in [0.3, 0.4) is 0 Å². The molecule has 0 saturated carbocycles. The summed E-state index contributed by atoms with van der Waals surface area (Å²) in [5.74, 6) is -0.474. The van der Waals surface area contributed by atoms with Crippen LogP contribution >= 0.6 is 11.6 Å². The second kappa shape index (κ2) is 6.57. The summed E-state index contributed by atoms with van der Waals surface area (Å²) in [5.41, 5.74) is -0.161.